The summed E-state index contributed by atoms with van der Waals surface area (Å²) in [5.74, 6) is 0.878. The standard InChI is InChI=1S/C11H17ClNO.BrH/c1-13(2,3)8-9-14-11-6-4-10(12)5-7-11;/h4-7H,8-9H2,1-3H3;1H/q+1;/p-1. The normalized spacial score (nSPS) is 10.7. The molecule has 0 atom stereocenters. The molecule has 0 N–H and O–H groups in total. The Bertz CT molecular complexity index is 282. The highest BCUT2D eigenvalue weighted by Gasteiger charge is 2.06. The van der Waals surface area contributed by atoms with Crippen LogP contribution < -0.4 is 21.7 Å². The summed E-state index contributed by atoms with van der Waals surface area (Å²) in [6.07, 6.45) is 0. The molecule has 1 aromatic carbocycles. The molecular weight excluding hydrogens is 277 g/mol. The van der Waals surface area contributed by atoms with Gasteiger partial charge in [0, 0.05) is 5.02 Å². The van der Waals surface area contributed by atoms with Crippen LogP contribution in [0.4, 0.5) is 0 Å². The molecule has 2 nitrogen and oxygen atoms in total. The Hall–Kier alpha value is -0.250. The third-order valence-corrected chi connectivity index (χ3v) is 2.10. The van der Waals surface area contributed by atoms with Crippen molar-refractivity contribution < 1.29 is 26.2 Å². The molecular formula is C11H17BrClNO. The first kappa shape index (κ1) is 14.8. The molecule has 0 fully saturated rings. The summed E-state index contributed by atoms with van der Waals surface area (Å²) in [4.78, 5) is 0. The Morgan fingerprint density at radius 1 is 1.13 bits per heavy atom. The molecule has 0 aliphatic carbocycles. The van der Waals surface area contributed by atoms with Gasteiger partial charge in [-0.05, 0) is 24.3 Å². The van der Waals surface area contributed by atoms with Crippen molar-refractivity contribution in [1.29, 1.82) is 0 Å². The van der Waals surface area contributed by atoms with E-state index in [9.17, 15) is 0 Å². The van der Waals surface area contributed by atoms with Crippen LogP contribution in [0.3, 0.4) is 0 Å². The summed E-state index contributed by atoms with van der Waals surface area (Å²) in [5, 5.41) is 0.740. The Morgan fingerprint density at radius 2 is 1.67 bits per heavy atom. The average molecular weight is 295 g/mol. The van der Waals surface area contributed by atoms with Gasteiger partial charge in [-0.25, -0.2) is 0 Å². The molecule has 86 valence electrons. The lowest BCUT2D eigenvalue weighted by molar-refractivity contribution is -0.870. The number of hydrogen-bond donors (Lipinski definition) is 0. The van der Waals surface area contributed by atoms with Crippen LogP contribution in [-0.4, -0.2) is 38.8 Å². The van der Waals surface area contributed by atoms with Gasteiger partial charge in [-0.1, -0.05) is 11.6 Å². The van der Waals surface area contributed by atoms with Crippen LogP contribution in [0.15, 0.2) is 24.3 Å². The van der Waals surface area contributed by atoms with Gasteiger partial charge in [-0.2, -0.15) is 0 Å². The monoisotopic (exact) mass is 293 g/mol. The zero-order valence-corrected chi connectivity index (χ0v) is 11.7. The van der Waals surface area contributed by atoms with Crippen molar-refractivity contribution in [3.63, 3.8) is 0 Å². The van der Waals surface area contributed by atoms with Gasteiger partial charge >= 0.3 is 0 Å². The number of ether oxygens (including phenoxy) is 1. The smallest absolute Gasteiger partial charge is 0.137 e. The molecule has 0 unspecified atom stereocenters. The predicted octanol–water partition coefficient (Wildman–Crippen LogP) is -0.571. The maximum atomic E-state index is 5.76. The predicted molar refractivity (Wildman–Crippen MR) is 59.8 cm³/mol. The van der Waals surface area contributed by atoms with Gasteiger partial charge in [-0.15, -0.1) is 0 Å². The van der Waals surface area contributed by atoms with Crippen molar-refractivity contribution in [3.8, 4) is 5.75 Å². The molecule has 0 saturated carbocycles. The summed E-state index contributed by atoms with van der Waals surface area (Å²) in [7, 11) is 6.43. The lowest BCUT2D eigenvalue weighted by Crippen LogP contribution is -3.00. The Balaban J connectivity index is 0.00000196. The minimum absolute atomic E-state index is 0. The van der Waals surface area contributed by atoms with Crippen LogP contribution in [0.2, 0.25) is 5.02 Å². The fourth-order valence-electron chi connectivity index (χ4n) is 0.968. The lowest BCUT2D eigenvalue weighted by atomic mass is 10.3. The Morgan fingerprint density at radius 3 is 2.13 bits per heavy atom. The second-order valence-corrected chi connectivity index (χ2v) is 4.75. The zero-order chi connectivity index (χ0) is 10.6. The number of halogens is 2. The molecule has 0 bridgehead atoms. The van der Waals surface area contributed by atoms with Crippen LogP contribution in [0.5, 0.6) is 5.75 Å². The third kappa shape index (κ3) is 6.77. The molecule has 0 saturated heterocycles. The van der Waals surface area contributed by atoms with E-state index in [0.717, 1.165) is 28.4 Å². The second-order valence-electron chi connectivity index (χ2n) is 4.32. The van der Waals surface area contributed by atoms with Crippen molar-refractivity contribution in [3.05, 3.63) is 29.3 Å². The summed E-state index contributed by atoms with van der Waals surface area (Å²) in [6.45, 7) is 1.72. The second kappa shape index (κ2) is 6.36. The van der Waals surface area contributed by atoms with Crippen LogP contribution in [0, 0.1) is 0 Å². The highest BCUT2D eigenvalue weighted by molar-refractivity contribution is 6.30. The van der Waals surface area contributed by atoms with Crippen LogP contribution in [0.1, 0.15) is 0 Å². The lowest BCUT2D eigenvalue weighted by Gasteiger charge is -2.23. The number of quaternary nitrogens is 1. The van der Waals surface area contributed by atoms with E-state index in [4.69, 9.17) is 16.3 Å². The molecule has 4 heteroatoms. The molecule has 0 aliphatic heterocycles. The third-order valence-electron chi connectivity index (χ3n) is 1.84. The van der Waals surface area contributed by atoms with E-state index in [1.807, 2.05) is 24.3 Å². The summed E-state index contributed by atoms with van der Waals surface area (Å²) >= 11 is 5.76. The Kier molecular flexibility index (Phi) is 6.25. The van der Waals surface area contributed by atoms with Gasteiger partial charge in [0.1, 0.15) is 18.9 Å². The molecule has 1 rings (SSSR count). The first-order chi connectivity index (χ1) is 6.47. The highest BCUT2D eigenvalue weighted by Crippen LogP contribution is 2.15. The van der Waals surface area contributed by atoms with E-state index >= 15 is 0 Å². The van der Waals surface area contributed by atoms with E-state index in [2.05, 4.69) is 21.1 Å². The van der Waals surface area contributed by atoms with E-state index in [1.54, 1.807) is 0 Å². The van der Waals surface area contributed by atoms with Crippen LogP contribution in [-0.2, 0) is 0 Å². The number of hydrogen-bond acceptors (Lipinski definition) is 1. The maximum absolute atomic E-state index is 5.76. The molecule has 0 spiro atoms. The van der Waals surface area contributed by atoms with Crippen molar-refractivity contribution in [2.24, 2.45) is 0 Å². The van der Waals surface area contributed by atoms with Crippen molar-refractivity contribution >= 4 is 11.6 Å². The molecule has 0 aromatic heterocycles. The quantitative estimate of drug-likeness (QED) is 0.676. The van der Waals surface area contributed by atoms with Gasteiger partial charge < -0.3 is 26.2 Å². The summed E-state index contributed by atoms with van der Waals surface area (Å²) in [6, 6.07) is 7.45. The fourth-order valence-corrected chi connectivity index (χ4v) is 1.09. The van der Waals surface area contributed by atoms with Gasteiger partial charge in [0.25, 0.3) is 0 Å². The van der Waals surface area contributed by atoms with Crippen molar-refractivity contribution in [1.82, 2.24) is 0 Å². The number of benzene rings is 1. The topological polar surface area (TPSA) is 9.23 Å². The molecule has 15 heavy (non-hydrogen) atoms. The first-order valence-corrected chi connectivity index (χ1v) is 5.04. The molecule has 0 radical (unpaired) electrons. The van der Waals surface area contributed by atoms with Gasteiger partial charge in [-0.3, -0.25) is 0 Å². The number of nitrogens with zero attached hydrogens (tertiary/aromatic N) is 1. The van der Waals surface area contributed by atoms with Crippen molar-refractivity contribution in [2.75, 3.05) is 34.3 Å². The van der Waals surface area contributed by atoms with E-state index in [-0.39, 0.29) is 17.0 Å². The van der Waals surface area contributed by atoms with Crippen molar-refractivity contribution in [2.45, 2.75) is 0 Å². The largest absolute Gasteiger partial charge is 1.00 e. The molecule has 0 amide bonds. The van der Waals surface area contributed by atoms with Gasteiger partial charge in [0.2, 0.25) is 0 Å². The molecule has 0 aliphatic rings. The van der Waals surface area contributed by atoms with Crippen LogP contribution >= 0.6 is 11.6 Å². The summed E-state index contributed by atoms with van der Waals surface area (Å²) in [5.41, 5.74) is 0. The zero-order valence-electron chi connectivity index (χ0n) is 9.34. The fraction of sp³-hybridized carbons (Fsp3) is 0.455. The van der Waals surface area contributed by atoms with E-state index < -0.39 is 0 Å². The SMILES string of the molecule is C[N+](C)(C)CCOc1ccc(Cl)cc1.[Br-]. The highest BCUT2D eigenvalue weighted by atomic mass is 79.9. The van der Waals surface area contributed by atoms with Gasteiger partial charge in [0.15, 0.2) is 0 Å². The minimum atomic E-state index is 0. The van der Waals surface area contributed by atoms with Gasteiger partial charge in [0.05, 0.1) is 21.1 Å². The van der Waals surface area contributed by atoms with E-state index in [1.165, 1.54) is 0 Å². The van der Waals surface area contributed by atoms with Crippen LogP contribution in [0.25, 0.3) is 0 Å². The average Bonchev–Trinajstić information content (AvgIpc) is 2.06. The molecule has 1 aromatic rings. The molecule has 0 heterocycles. The number of likely N-dealkylation sites (N-methyl/N-ethyl adjacent to an activating group) is 1. The minimum Gasteiger partial charge on any atom is -1.00 e. The maximum Gasteiger partial charge on any atom is 0.137 e. The summed E-state index contributed by atoms with van der Waals surface area (Å²) < 4.78 is 6.47. The number of rotatable bonds is 4. The first-order valence-electron chi connectivity index (χ1n) is 4.66. The van der Waals surface area contributed by atoms with E-state index in [0.29, 0.717) is 0 Å². The Labute approximate surface area is 107 Å².